The number of hydrogen-bond acceptors (Lipinski definition) is 6. The van der Waals surface area contributed by atoms with E-state index in [1.807, 2.05) is 0 Å². The number of rotatable bonds is 6. The number of carbonyl (C=O) groups excluding carboxylic acids is 1. The standard InChI is InChI=1S/C19H20BrNO6/c1-19(2,3)27-18(22)26-17-10-13(11-20)8-9-16(17)25-12-14-6-4-5-7-15(14)21(23)24/h4-10H,11-12H2,1-3H3. The number of nitrogens with zero attached hydrogens (tertiary/aromatic N) is 1. The summed E-state index contributed by atoms with van der Waals surface area (Å²) in [6.45, 7) is 5.15. The lowest BCUT2D eigenvalue weighted by Gasteiger charge is -2.19. The van der Waals surface area contributed by atoms with Crippen molar-refractivity contribution in [2.24, 2.45) is 0 Å². The summed E-state index contributed by atoms with van der Waals surface area (Å²) in [5.41, 5.74) is 0.543. The number of nitro groups is 1. The van der Waals surface area contributed by atoms with Crippen LogP contribution in [0.3, 0.4) is 0 Å². The van der Waals surface area contributed by atoms with Gasteiger partial charge in [-0.3, -0.25) is 10.1 Å². The van der Waals surface area contributed by atoms with Crippen molar-refractivity contribution in [3.8, 4) is 11.5 Å². The van der Waals surface area contributed by atoms with E-state index < -0.39 is 16.7 Å². The molecule has 0 spiro atoms. The molecular formula is C19H20BrNO6. The third-order valence-corrected chi connectivity index (χ3v) is 3.96. The number of ether oxygens (including phenoxy) is 3. The third kappa shape index (κ3) is 6.25. The maximum Gasteiger partial charge on any atom is 0.514 e. The molecule has 0 aromatic heterocycles. The van der Waals surface area contributed by atoms with Crippen LogP contribution in [0.2, 0.25) is 0 Å². The molecule has 0 bridgehead atoms. The van der Waals surface area contributed by atoms with Gasteiger partial charge in [0.25, 0.3) is 5.69 Å². The molecule has 0 saturated heterocycles. The van der Waals surface area contributed by atoms with E-state index in [9.17, 15) is 14.9 Å². The third-order valence-electron chi connectivity index (χ3n) is 3.32. The summed E-state index contributed by atoms with van der Waals surface area (Å²) in [6, 6.07) is 11.4. The maximum absolute atomic E-state index is 12.0. The Bertz CT molecular complexity index is 831. The fourth-order valence-electron chi connectivity index (χ4n) is 2.16. The summed E-state index contributed by atoms with van der Waals surface area (Å²) in [7, 11) is 0. The van der Waals surface area contributed by atoms with Crippen LogP contribution in [-0.2, 0) is 16.7 Å². The number of para-hydroxylation sites is 1. The zero-order chi connectivity index (χ0) is 20.0. The molecule has 0 heterocycles. The average Bonchev–Trinajstić information content (AvgIpc) is 2.59. The predicted octanol–water partition coefficient (Wildman–Crippen LogP) is 5.38. The van der Waals surface area contributed by atoms with Crippen LogP contribution in [0.1, 0.15) is 31.9 Å². The minimum Gasteiger partial charge on any atom is -0.485 e. The second-order valence-electron chi connectivity index (χ2n) is 6.66. The molecule has 2 aromatic rings. The van der Waals surface area contributed by atoms with Crippen molar-refractivity contribution >= 4 is 27.8 Å². The summed E-state index contributed by atoms with van der Waals surface area (Å²) >= 11 is 3.34. The number of benzene rings is 2. The van der Waals surface area contributed by atoms with E-state index in [1.165, 1.54) is 6.07 Å². The molecule has 0 saturated carbocycles. The molecule has 144 valence electrons. The Kier molecular flexibility index (Phi) is 6.79. The van der Waals surface area contributed by atoms with Crippen LogP contribution < -0.4 is 9.47 Å². The van der Waals surface area contributed by atoms with Gasteiger partial charge in [0.2, 0.25) is 0 Å². The van der Waals surface area contributed by atoms with Crippen LogP contribution >= 0.6 is 15.9 Å². The molecule has 0 radical (unpaired) electrons. The highest BCUT2D eigenvalue weighted by Crippen LogP contribution is 2.31. The molecule has 0 N–H and O–H groups in total. The normalized spacial score (nSPS) is 11.0. The fourth-order valence-corrected chi connectivity index (χ4v) is 2.51. The summed E-state index contributed by atoms with van der Waals surface area (Å²) in [6.07, 6.45) is -0.857. The molecule has 0 aliphatic carbocycles. The zero-order valence-electron chi connectivity index (χ0n) is 15.2. The minimum absolute atomic E-state index is 0.0378. The Morgan fingerprint density at radius 2 is 1.85 bits per heavy atom. The molecule has 0 fully saturated rings. The molecule has 7 nitrogen and oxygen atoms in total. The molecule has 2 rings (SSSR count). The van der Waals surface area contributed by atoms with E-state index in [4.69, 9.17) is 14.2 Å². The second-order valence-corrected chi connectivity index (χ2v) is 7.22. The van der Waals surface area contributed by atoms with E-state index in [0.717, 1.165) is 5.56 Å². The monoisotopic (exact) mass is 437 g/mol. The summed E-state index contributed by atoms with van der Waals surface area (Å²) in [4.78, 5) is 22.6. The van der Waals surface area contributed by atoms with Gasteiger partial charge in [0.05, 0.1) is 10.5 Å². The van der Waals surface area contributed by atoms with Gasteiger partial charge in [0, 0.05) is 11.4 Å². The van der Waals surface area contributed by atoms with E-state index in [2.05, 4.69) is 15.9 Å². The molecule has 27 heavy (non-hydrogen) atoms. The Morgan fingerprint density at radius 3 is 2.48 bits per heavy atom. The first-order chi connectivity index (χ1) is 12.7. The van der Waals surface area contributed by atoms with Crippen molar-refractivity contribution in [2.45, 2.75) is 38.3 Å². The van der Waals surface area contributed by atoms with Gasteiger partial charge < -0.3 is 14.2 Å². The van der Waals surface area contributed by atoms with Crippen LogP contribution in [0.5, 0.6) is 11.5 Å². The Hall–Kier alpha value is -2.61. The van der Waals surface area contributed by atoms with Gasteiger partial charge in [-0.1, -0.05) is 34.1 Å². The molecular weight excluding hydrogens is 418 g/mol. The van der Waals surface area contributed by atoms with Gasteiger partial charge in [0.15, 0.2) is 11.5 Å². The van der Waals surface area contributed by atoms with Gasteiger partial charge in [-0.25, -0.2) is 4.79 Å². The van der Waals surface area contributed by atoms with Crippen molar-refractivity contribution in [1.82, 2.24) is 0 Å². The summed E-state index contributed by atoms with van der Waals surface area (Å²) in [5, 5.41) is 11.7. The topological polar surface area (TPSA) is 87.9 Å². The van der Waals surface area contributed by atoms with Crippen molar-refractivity contribution in [3.63, 3.8) is 0 Å². The Morgan fingerprint density at radius 1 is 1.15 bits per heavy atom. The minimum atomic E-state index is -0.857. The SMILES string of the molecule is CC(C)(C)OC(=O)Oc1cc(CBr)ccc1OCc1ccccc1[N+](=O)[O-]. The van der Waals surface area contributed by atoms with Crippen molar-refractivity contribution < 1.29 is 23.9 Å². The first kappa shape index (κ1) is 20.7. The Balaban J connectivity index is 2.21. The van der Waals surface area contributed by atoms with Crippen LogP contribution in [0.4, 0.5) is 10.5 Å². The van der Waals surface area contributed by atoms with Crippen LogP contribution in [0.25, 0.3) is 0 Å². The van der Waals surface area contributed by atoms with Gasteiger partial charge in [-0.05, 0) is 44.5 Å². The first-order valence-electron chi connectivity index (χ1n) is 8.14. The quantitative estimate of drug-likeness (QED) is 0.198. The van der Waals surface area contributed by atoms with Crippen molar-refractivity contribution in [1.29, 1.82) is 0 Å². The van der Waals surface area contributed by atoms with Gasteiger partial charge in [-0.15, -0.1) is 0 Å². The molecule has 8 heteroatoms. The van der Waals surface area contributed by atoms with Crippen molar-refractivity contribution in [2.75, 3.05) is 0 Å². The first-order valence-corrected chi connectivity index (χ1v) is 9.26. The van der Waals surface area contributed by atoms with Crippen LogP contribution in [-0.4, -0.2) is 16.7 Å². The van der Waals surface area contributed by atoms with E-state index in [0.29, 0.717) is 10.9 Å². The average molecular weight is 438 g/mol. The number of nitro benzene ring substituents is 1. The molecule has 0 aliphatic rings. The van der Waals surface area contributed by atoms with Gasteiger partial charge in [-0.2, -0.15) is 0 Å². The zero-order valence-corrected chi connectivity index (χ0v) is 16.8. The van der Waals surface area contributed by atoms with Crippen molar-refractivity contribution in [3.05, 3.63) is 63.7 Å². The van der Waals surface area contributed by atoms with Crippen LogP contribution in [0.15, 0.2) is 42.5 Å². The lowest BCUT2D eigenvalue weighted by molar-refractivity contribution is -0.385. The second kappa shape index (κ2) is 8.85. The lowest BCUT2D eigenvalue weighted by atomic mass is 10.2. The number of hydrogen-bond donors (Lipinski definition) is 0. The van der Waals surface area contributed by atoms with Gasteiger partial charge >= 0.3 is 6.16 Å². The van der Waals surface area contributed by atoms with E-state index in [1.54, 1.807) is 57.2 Å². The lowest BCUT2D eigenvalue weighted by Crippen LogP contribution is -2.26. The number of carbonyl (C=O) groups is 1. The fraction of sp³-hybridized carbons (Fsp3) is 0.316. The summed E-state index contributed by atoms with van der Waals surface area (Å²) < 4.78 is 16.1. The molecule has 2 aromatic carbocycles. The highest BCUT2D eigenvalue weighted by Gasteiger charge is 2.20. The Labute approximate surface area is 165 Å². The molecule has 0 aliphatic heterocycles. The molecule has 0 unspecified atom stereocenters. The number of halogens is 1. The highest BCUT2D eigenvalue weighted by molar-refractivity contribution is 9.08. The highest BCUT2D eigenvalue weighted by atomic mass is 79.9. The predicted molar refractivity (Wildman–Crippen MR) is 103 cm³/mol. The van der Waals surface area contributed by atoms with Gasteiger partial charge in [0.1, 0.15) is 12.2 Å². The molecule has 0 atom stereocenters. The largest absolute Gasteiger partial charge is 0.514 e. The number of alkyl halides is 1. The molecule has 0 amide bonds. The van der Waals surface area contributed by atoms with E-state index in [-0.39, 0.29) is 23.8 Å². The summed E-state index contributed by atoms with van der Waals surface area (Å²) in [5.74, 6) is 0.462. The maximum atomic E-state index is 12.0. The van der Waals surface area contributed by atoms with E-state index >= 15 is 0 Å². The van der Waals surface area contributed by atoms with Crippen LogP contribution in [0, 0.1) is 10.1 Å². The smallest absolute Gasteiger partial charge is 0.485 e.